The Morgan fingerprint density at radius 2 is 2.00 bits per heavy atom. The van der Waals surface area contributed by atoms with Crippen molar-refractivity contribution in [3.05, 3.63) is 11.8 Å². The van der Waals surface area contributed by atoms with Crippen LogP contribution >= 0.6 is 0 Å². The zero-order chi connectivity index (χ0) is 14.4. The molecule has 1 aliphatic carbocycles. The van der Waals surface area contributed by atoms with Gasteiger partial charge in [0.25, 0.3) is 0 Å². The van der Waals surface area contributed by atoms with Gasteiger partial charge in [0.05, 0.1) is 0 Å². The van der Waals surface area contributed by atoms with Gasteiger partial charge >= 0.3 is 0 Å². The van der Waals surface area contributed by atoms with E-state index in [0.29, 0.717) is 6.04 Å². The molecule has 1 aliphatic rings. The van der Waals surface area contributed by atoms with Gasteiger partial charge in [-0.25, -0.2) is 4.98 Å². The molecule has 0 atom stereocenters. The lowest BCUT2D eigenvalue weighted by Crippen LogP contribution is -2.37. The summed E-state index contributed by atoms with van der Waals surface area (Å²) in [6.45, 7) is 8.45. The van der Waals surface area contributed by atoms with Crippen molar-refractivity contribution in [1.29, 1.82) is 0 Å². The highest BCUT2D eigenvalue weighted by molar-refractivity contribution is 5.49. The van der Waals surface area contributed by atoms with E-state index in [-0.39, 0.29) is 0 Å². The maximum atomic E-state index is 4.76. The number of nitrogens with zero attached hydrogens (tertiary/aromatic N) is 3. The van der Waals surface area contributed by atoms with E-state index in [9.17, 15) is 0 Å². The number of nitrogens with one attached hydrogen (secondary N) is 1. The lowest BCUT2D eigenvalue weighted by Gasteiger charge is -2.35. The largest absolute Gasteiger partial charge is 0.354 e. The fourth-order valence-electron chi connectivity index (χ4n) is 3.02. The summed E-state index contributed by atoms with van der Waals surface area (Å²) in [6.07, 6.45) is 9.74. The Kier molecular flexibility index (Phi) is 5.62. The molecule has 0 saturated heterocycles. The molecule has 0 amide bonds. The highest BCUT2D eigenvalue weighted by Gasteiger charge is 2.22. The van der Waals surface area contributed by atoms with Crippen molar-refractivity contribution in [2.24, 2.45) is 0 Å². The third-order valence-electron chi connectivity index (χ3n) is 4.11. The fraction of sp³-hybridized carbons (Fsp3) is 0.750. The van der Waals surface area contributed by atoms with Gasteiger partial charge in [-0.15, -0.1) is 0 Å². The number of aryl methyl sites for hydroxylation is 1. The minimum atomic E-state index is 0.654. The van der Waals surface area contributed by atoms with E-state index in [1.54, 1.807) is 0 Å². The average molecular weight is 276 g/mol. The minimum absolute atomic E-state index is 0.654. The van der Waals surface area contributed by atoms with E-state index in [1.165, 1.54) is 37.7 Å². The summed E-state index contributed by atoms with van der Waals surface area (Å²) < 4.78 is 0. The number of rotatable bonds is 6. The first-order valence-corrected chi connectivity index (χ1v) is 8.10. The summed E-state index contributed by atoms with van der Waals surface area (Å²) in [4.78, 5) is 11.6. The smallest absolute Gasteiger partial charge is 0.224 e. The first kappa shape index (κ1) is 15.1. The third-order valence-corrected chi connectivity index (χ3v) is 4.11. The molecule has 0 aromatic carbocycles. The molecule has 1 saturated carbocycles. The molecule has 0 unspecified atom stereocenters. The van der Waals surface area contributed by atoms with Gasteiger partial charge in [-0.1, -0.05) is 26.2 Å². The molecule has 0 bridgehead atoms. The molecular formula is C16H28N4. The lowest BCUT2D eigenvalue weighted by molar-refractivity contribution is 0.416. The van der Waals surface area contributed by atoms with E-state index in [1.807, 2.05) is 6.20 Å². The summed E-state index contributed by atoms with van der Waals surface area (Å²) in [5, 5.41) is 3.29. The van der Waals surface area contributed by atoms with Gasteiger partial charge in [-0.2, -0.15) is 4.98 Å². The molecule has 112 valence electrons. The van der Waals surface area contributed by atoms with E-state index < -0.39 is 0 Å². The van der Waals surface area contributed by atoms with Crippen LogP contribution in [0.1, 0.15) is 57.9 Å². The molecule has 1 heterocycles. The Bertz CT molecular complexity index is 413. The van der Waals surface area contributed by atoms with Crippen LogP contribution in [0.2, 0.25) is 0 Å². The van der Waals surface area contributed by atoms with E-state index in [4.69, 9.17) is 4.98 Å². The second-order valence-electron chi connectivity index (χ2n) is 5.70. The normalized spacial score (nSPS) is 16.1. The Morgan fingerprint density at radius 1 is 1.25 bits per heavy atom. The predicted molar refractivity (Wildman–Crippen MR) is 85.4 cm³/mol. The van der Waals surface area contributed by atoms with Crippen molar-refractivity contribution < 1.29 is 0 Å². The maximum absolute atomic E-state index is 4.76. The van der Waals surface area contributed by atoms with Gasteiger partial charge in [0.2, 0.25) is 5.95 Å². The predicted octanol–water partition coefficient (Wildman–Crippen LogP) is 3.77. The zero-order valence-corrected chi connectivity index (χ0v) is 13.2. The Balaban J connectivity index is 2.18. The van der Waals surface area contributed by atoms with E-state index in [0.717, 1.165) is 31.3 Å². The molecule has 0 radical (unpaired) electrons. The summed E-state index contributed by atoms with van der Waals surface area (Å²) in [5.41, 5.74) is 1.18. The average Bonchev–Trinajstić information content (AvgIpc) is 2.49. The van der Waals surface area contributed by atoms with Crippen LogP contribution in [-0.4, -0.2) is 29.1 Å². The number of hydrogen-bond donors (Lipinski definition) is 1. The molecule has 2 rings (SSSR count). The van der Waals surface area contributed by atoms with Crippen molar-refractivity contribution >= 4 is 11.8 Å². The van der Waals surface area contributed by atoms with Crippen LogP contribution in [0.3, 0.4) is 0 Å². The quantitative estimate of drug-likeness (QED) is 0.859. The highest BCUT2D eigenvalue weighted by atomic mass is 15.2. The Morgan fingerprint density at radius 3 is 2.65 bits per heavy atom. The van der Waals surface area contributed by atoms with Crippen LogP contribution in [0, 0.1) is 6.92 Å². The van der Waals surface area contributed by atoms with Gasteiger partial charge in [0, 0.05) is 30.9 Å². The number of anilines is 2. The minimum Gasteiger partial charge on any atom is -0.354 e. The van der Waals surface area contributed by atoms with Gasteiger partial charge in [-0.05, 0) is 33.1 Å². The van der Waals surface area contributed by atoms with Crippen LogP contribution in [0.4, 0.5) is 11.8 Å². The molecule has 0 aliphatic heterocycles. The molecule has 1 N–H and O–H groups in total. The topological polar surface area (TPSA) is 41.1 Å². The molecule has 4 heteroatoms. The summed E-state index contributed by atoms with van der Waals surface area (Å²) in [6, 6.07) is 0.654. The van der Waals surface area contributed by atoms with Crippen LogP contribution in [0.5, 0.6) is 0 Å². The molecule has 20 heavy (non-hydrogen) atoms. The van der Waals surface area contributed by atoms with Crippen molar-refractivity contribution in [3.63, 3.8) is 0 Å². The Hall–Kier alpha value is -1.32. The van der Waals surface area contributed by atoms with Crippen LogP contribution in [0.25, 0.3) is 0 Å². The van der Waals surface area contributed by atoms with Crippen molar-refractivity contribution in [2.45, 2.75) is 65.3 Å². The van der Waals surface area contributed by atoms with Gasteiger partial charge < -0.3 is 10.2 Å². The molecule has 0 spiro atoms. The Labute approximate surface area is 123 Å². The summed E-state index contributed by atoms with van der Waals surface area (Å²) >= 11 is 0. The lowest BCUT2D eigenvalue weighted by atomic mass is 9.94. The third kappa shape index (κ3) is 3.62. The zero-order valence-electron chi connectivity index (χ0n) is 13.2. The molecule has 1 aromatic heterocycles. The van der Waals surface area contributed by atoms with Gasteiger partial charge in [-0.3, -0.25) is 0 Å². The van der Waals surface area contributed by atoms with E-state index >= 15 is 0 Å². The maximum Gasteiger partial charge on any atom is 0.224 e. The summed E-state index contributed by atoms with van der Waals surface area (Å²) in [7, 11) is 0. The van der Waals surface area contributed by atoms with Crippen LogP contribution in [0.15, 0.2) is 6.20 Å². The van der Waals surface area contributed by atoms with Crippen LogP contribution in [-0.2, 0) is 0 Å². The van der Waals surface area contributed by atoms with E-state index in [2.05, 4.69) is 36.0 Å². The second-order valence-corrected chi connectivity index (χ2v) is 5.70. The number of aromatic nitrogens is 2. The fourth-order valence-corrected chi connectivity index (χ4v) is 3.02. The van der Waals surface area contributed by atoms with Gasteiger partial charge in [0.1, 0.15) is 5.82 Å². The first-order valence-electron chi connectivity index (χ1n) is 8.10. The molecule has 4 nitrogen and oxygen atoms in total. The monoisotopic (exact) mass is 276 g/mol. The van der Waals surface area contributed by atoms with Crippen LogP contribution < -0.4 is 10.2 Å². The molecular weight excluding hydrogens is 248 g/mol. The summed E-state index contributed by atoms with van der Waals surface area (Å²) in [5.74, 6) is 1.88. The first-order chi connectivity index (χ1) is 9.76. The van der Waals surface area contributed by atoms with Gasteiger partial charge in [0.15, 0.2) is 0 Å². The second kappa shape index (κ2) is 7.46. The molecule has 1 fully saturated rings. The van der Waals surface area contributed by atoms with Crippen molar-refractivity contribution in [3.8, 4) is 0 Å². The van der Waals surface area contributed by atoms with Crippen molar-refractivity contribution in [2.75, 3.05) is 23.3 Å². The highest BCUT2D eigenvalue weighted by Crippen LogP contribution is 2.28. The molecule has 1 aromatic rings. The SMILES string of the molecule is CCCNc1ncc(C)c(N(CC)C2CCCCC2)n1. The standard InChI is InChI=1S/C16H28N4/c1-4-11-17-16-18-12-13(3)15(19-16)20(5-2)14-9-7-6-8-10-14/h12,14H,4-11H2,1-3H3,(H,17,18,19). The number of hydrogen-bond acceptors (Lipinski definition) is 4. The van der Waals surface area contributed by atoms with Crippen molar-refractivity contribution in [1.82, 2.24) is 9.97 Å².